The van der Waals surface area contributed by atoms with E-state index in [1.807, 2.05) is 29.8 Å². The molecule has 4 rings (SSSR count). The Kier molecular flexibility index (Phi) is 11.3. The second-order valence-corrected chi connectivity index (χ2v) is 9.14. The predicted molar refractivity (Wildman–Crippen MR) is 123 cm³/mol. The molecule has 2 N–H and O–H groups in total. The van der Waals surface area contributed by atoms with E-state index in [1.54, 1.807) is 0 Å². The largest absolute Gasteiger partial charge is 0.490 e. The fraction of sp³-hybridized carbons (Fsp3) is 0.500. The minimum absolute atomic E-state index is 0.262. The average molecular weight is 574 g/mol. The molecule has 1 atom stereocenters. The number of morpholine rings is 1. The summed E-state index contributed by atoms with van der Waals surface area (Å²) >= 11 is 1.82. The molecule has 4 heterocycles. The molecule has 2 aromatic rings. The molecular formula is C22H25F6N3O6S. The van der Waals surface area contributed by atoms with Gasteiger partial charge in [0.15, 0.2) is 0 Å². The lowest BCUT2D eigenvalue weighted by atomic mass is 10.0. The van der Waals surface area contributed by atoms with Crippen LogP contribution in [0.25, 0.3) is 0 Å². The van der Waals surface area contributed by atoms with E-state index in [0.29, 0.717) is 6.61 Å². The zero-order valence-electron chi connectivity index (χ0n) is 19.7. The number of aromatic nitrogens is 1. The number of hydrogen-bond acceptors (Lipinski definition) is 8. The van der Waals surface area contributed by atoms with Crippen molar-refractivity contribution in [3.05, 3.63) is 46.9 Å². The van der Waals surface area contributed by atoms with Gasteiger partial charge < -0.3 is 24.6 Å². The van der Waals surface area contributed by atoms with Crippen molar-refractivity contribution in [2.24, 2.45) is 0 Å². The lowest BCUT2D eigenvalue weighted by Crippen LogP contribution is -2.58. The van der Waals surface area contributed by atoms with Crippen molar-refractivity contribution in [1.82, 2.24) is 9.88 Å². The molecule has 1 spiro atoms. The standard InChI is InChI=1S/C18H23N3O2S.2C2HF3O2/c1-3-16(11-19-5-1)21-7-8-22-15-18(14-21)13-20(6-9-23-18)12-17-4-2-10-24-17;2*3-2(4,5)1(6)7/h1-5,10-11H,6-9,12-15H2;2*(H,6,7). The summed E-state index contributed by atoms with van der Waals surface area (Å²) in [5.41, 5.74) is 0.878. The topological polar surface area (TPSA) is 112 Å². The average Bonchev–Trinajstić information content (AvgIpc) is 3.26. The Balaban J connectivity index is 0.000000301. The maximum Gasteiger partial charge on any atom is 0.490 e. The molecule has 0 aromatic carbocycles. The highest BCUT2D eigenvalue weighted by Gasteiger charge is 2.41. The third-order valence-electron chi connectivity index (χ3n) is 5.13. The van der Waals surface area contributed by atoms with Gasteiger partial charge in [-0.1, -0.05) is 6.07 Å². The zero-order chi connectivity index (χ0) is 28.4. The quantitative estimate of drug-likeness (QED) is 0.533. The van der Waals surface area contributed by atoms with Crippen molar-refractivity contribution >= 4 is 29.0 Å². The van der Waals surface area contributed by atoms with E-state index >= 15 is 0 Å². The van der Waals surface area contributed by atoms with Gasteiger partial charge in [0.2, 0.25) is 0 Å². The Bertz CT molecular complexity index is 985. The summed E-state index contributed by atoms with van der Waals surface area (Å²) in [5, 5.41) is 16.4. The first-order valence-electron chi connectivity index (χ1n) is 10.9. The second-order valence-electron chi connectivity index (χ2n) is 8.11. The molecule has 0 radical (unpaired) electrons. The minimum Gasteiger partial charge on any atom is -0.475 e. The Hall–Kier alpha value is -2.95. The van der Waals surface area contributed by atoms with Gasteiger partial charge in [0.25, 0.3) is 0 Å². The van der Waals surface area contributed by atoms with Crippen LogP contribution in [-0.4, -0.2) is 96.0 Å². The van der Waals surface area contributed by atoms with Crippen LogP contribution >= 0.6 is 11.3 Å². The Morgan fingerprint density at radius 3 is 2.18 bits per heavy atom. The van der Waals surface area contributed by atoms with Gasteiger partial charge in [-0.05, 0) is 23.6 Å². The maximum absolute atomic E-state index is 10.6. The predicted octanol–water partition coefficient (Wildman–Crippen LogP) is 3.52. The molecule has 16 heteroatoms. The Labute approximate surface area is 217 Å². The summed E-state index contributed by atoms with van der Waals surface area (Å²) in [7, 11) is 0. The van der Waals surface area contributed by atoms with Gasteiger partial charge in [-0.3, -0.25) is 9.88 Å². The molecular weight excluding hydrogens is 548 g/mol. The van der Waals surface area contributed by atoms with E-state index in [1.165, 1.54) is 4.88 Å². The number of carboxylic acids is 2. The van der Waals surface area contributed by atoms with E-state index in [9.17, 15) is 26.3 Å². The normalized spacial score (nSPS) is 20.4. The lowest BCUT2D eigenvalue weighted by molar-refractivity contribution is -0.193. The second kappa shape index (κ2) is 13.7. The van der Waals surface area contributed by atoms with Crippen LogP contribution in [0.3, 0.4) is 0 Å². The highest BCUT2D eigenvalue weighted by Crippen LogP contribution is 2.27. The summed E-state index contributed by atoms with van der Waals surface area (Å²) in [4.78, 5) is 28.3. The van der Waals surface area contributed by atoms with Gasteiger partial charge in [-0.2, -0.15) is 26.3 Å². The number of halogens is 6. The zero-order valence-corrected chi connectivity index (χ0v) is 20.6. The maximum atomic E-state index is 10.6. The number of aliphatic carboxylic acids is 2. The van der Waals surface area contributed by atoms with Crippen LogP contribution in [0.2, 0.25) is 0 Å². The minimum atomic E-state index is -5.08. The first-order chi connectivity index (χ1) is 17.7. The molecule has 2 aromatic heterocycles. The molecule has 2 saturated heterocycles. The van der Waals surface area contributed by atoms with Crippen LogP contribution in [0.5, 0.6) is 0 Å². The summed E-state index contributed by atoms with van der Waals surface area (Å²) in [6.45, 7) is 6.75. The van der Waals surface area contributed by atoms with Crippen molar-refractivity contribution in [2.45, 2.75) is 24.5 Å². The first-order valence-corrected chi connectivity index (χ1v) is 11.8. The van der Waals surface area contributed by atoms with Crippen LogP contribution < -0.4 is 4.90 Å². The smallest absolute Gasteiger partial charge is 0.475 e. The SMILES string of the molecule is O=C(O)C(F)(F)F.O=C(O)C(F)(F)F.c1cncc(N2CCOCC3(CN(Cc4cccs4)CCO3)C2)c1. The van der Waals surface area contributed by atoms with Crippen LogP contribution in [0.15, 0.2) is 42.0 Å². The third kappa shape index (κ3) is 10.4. The number of anilines is 1. The first kappa shape index (κ1) is 31.3. The fourth-order valence-electron chi connectivity index (χ4n) is 3.53. The molecule has 212 valence electrons. The van der Waals surface area contributed by atoms with Gasteiger partial charge in [0, 0.05) is 37.3 Å². The number of hydrogen-bond donors (Lipinski definition) is 2. The highest BCUT2D eigenvalue weighted by atomic mass is 32.1. The Morgan fingerprint density at radius 1 is 1.00 bits per heavy atom. The number of carboxylic acid groups (broad SMARTS) is 2. The van der Waals surface area contributed by atoms with Gasteiger partial charge in [0.05, 0.1) is 38.2 Å². The molecule has 2 fully saturated rings. The summed E-state index contributed by atoms with van der Waals surface area (Å²) < 4.78 is 75.6. The number of thiophene rings is 1. The van der Waals surface area contributed by atoms with Crippen LogP contribution in [0, 0.1) is 0 Å². The molecule has 0 bridgehead atoms. The van der Waals surface area contributed by atoms with Crippen molar-refractivity contribution < 1.29 is 55.6 Å². The number of alkyl halides is 6. The van der Waals surface area contributed by atoms with Gasteiger partial charge >= 0.3 is 24.3 Å². The molecule has 2 aliphatic heterocycles. The molecule has 38 heavy (non-hydrogen) atoms. The fourth-order valence-corrected chi connectivity index (χ4v) is 4.28. The van der Waals surface area contributed by atoms with Crippen molar-refractivity contribution in [2.75, 3.05) is 50.9 Å². The number of ether oxygens (including phenoxy) is 2. The third-order valence-corrected chi connectivity index (χ3v) is 5.99. The summed E-state index contributed by atoms with van der Waals surface area (Å²) in [6.07, 6.45) is -6.43. The number of nitrogens with zero attached hydrogens (tertiary/aromatic N) is 3. The Morgan fingerprint density at radius 2 is 1.66 bits per heavy atom. The van der Waals surface area contributed by atoms with E-state index in [2.05, 4.69) is 38.4 Å². The van der Waals surface area contributed by atoms with Crippen LogP contribution in [-0.2, 0) is 25.6 Å². The number of pyridine rings is 1. The van der Waals surface area contributed by atoms with Gasteiger partial charge in [-0.25, -0.2) is 9.59 Å². The van der Waals surface area contributed by atoms with Crippen molar-refractivity contribution in [1.29, 1.82) is 0 Å². The van der Waals surface area contributed by atoms with E-state index in [4.69, 9.17) is 29.3 Å². The molecule has 9 nitrogen and oxygen atoms in total. The van der Waals surface area contributed by atoms with Gasteiger partial charge in [-0.15, -0.1) is 11.3 Å². The summed E-state index contributed by atoms with van der Waals surface area (Å²) in [6, 6.07) is 8.42. The molecule has 0 saturated carbocycles. The van der Waals surface area contributed by atoms with Crippen LogP contribution in [0.1, 0.15) is 4.88 Å². The molecule has 0 amide bonds. The number of rotatable bonds is 3. The monoisotopic (exact) mass is 573 g/mol. The van der Waals surface area contributed by atoms with E-state index in [-0.39, 0.29) is 5.60 Å². The summed E-state index contributed by atoms with van der Waals surface area (Å²) in [5.74, 6) is -5.51. The number of carbonyl (C=O) groups is 2. The van der Waals surface area contributed by atoms with Crippen molar-refractivity contribution in [3.8, 4) is 0 Å². The van der Waals surface area contributed by atoms with E-state index in [0.717, 1.165) is 51.6 Å². The van der Waals surface area contributed by atoms with E-state index < -0.39 is 24.3 Å². The molecule has 2 aliphatic rings. The van der Waals surface area contributed by atoms with Gasteiger partial charge in [0.1, 0.15) is 5.60 Å². The van der Waals surface area contributed by atoms with Crippen molar-refractivity contribution in [3.63, 3.8) is 0 Å². The molecule has 0 aliphatic carbocycles. The van der Waals surface area contributed by atoms with Crippen LogP contribution in [0.4, 0.5) is 32.0 Å². The highest BCUT2D eigenvalue weighted by molar-refractivity contribution is 7.09. The lowest BCUT2D eigenvalue weighted by Gasteiger charge is -2.43. The molecule has 1 unspecified atom stereocenters.